The van der Waals surface area contributed by atoms with Crippen LogP contribution in [0.25, 0.3) is 0 Å². The van der Waals surface area contributed by atoms with Gasteiger partial charge in [0.25, 0.3) is 12.2 Å². The van der Waals surface area contributed by atoms with Crippen molar-refractivity contribution in [3.8, 4) is 0 Å². The molecule has 1 saturated heterocycles. The van der Waals surface area contributed by atoms with Crippen LogP contribution in [0.2, 0.25) is 10.0 Å². The fourth-order valence-electron chi connectivity index (χ4n) is 2.17. The molecule has 1 aliphatic heterocycles. The number of carbonyl (C=O) groups excluding carboxylic acids is 1. The van der Waals surface area contributed by atoms with E-state index in [-0.39, 0.29) is 21.7 Å². The largest absolute Gasteiger partial charge is 0.480 e. The van der Waals surface area contributed by atoms with Gasteiger partial charge < -0.3 is 10.4 Å². The van der Waals surface area contributed by atoms with E-state index in [2.05, 4.69) is 45.3 Å². The number of carboxylic acids is 1. The van der Waals surface area contributed by atoms with E-state index in [1.54, 1.807) is 0 Å². The topological polar surface area (TPSA) is 82.0 Å². The summed E-state index contributed by atoms with van der Waals surface area (Å²) in [5.74, 6) is -2.34. The minimum atomic E-state index is -2.00. The SMILES string of the molecule is Cc1ccc(Br)cc1.O=C(O)CN=C1NC(F)C(=O)N1c1cc(Cl)cc(Cl)c1. The normalized spacial score (nSPS) is 17.2. The van der Waals surface area contributed by atoms with E-state index < -0.39 is 24.7 Å². The van der Waals surface area contributed by atoms with Gasteiger partial charge in [0.1, 0.15) is 6.54 Å². The number of benzene rings is 2. The van der Waals surface area contributed by atoms with Gasteiger partial charge in [0.15, 0.2) is 0 Å². The second-order valence-corrected chi connectivity index (χ2v) is 7.43. The quantitative estimate of drug-likeness (QED) is 0.624. The molecule has 3 rings (SSSR count). The van der Waals surface area contributed by atoms with Crippen LogP contribution in [0.15, 0.2) is 51.9 Å². The van der Waals surface area contributed by atoms with Gasteiger partial charge in [0, 0.05) is 14.5 Å². The molecule has 0 saturated carbocycles. The molecule has 1 amide bonds. The van der Waals surface area contributed by atoms with Crippen molar-refractivity contribution < 1.29 is 19.1 Å². The Morgan fingerprint density at radius 3 is 2.32 bits per heavy atom. The molecule has 0 aliphatic carbocycles. The third kappa shape index (κ3) is 6.19. The lowest BCUT2D eigenvalue weighted by Crippen LogP contribution is -2.33. The summed E-state index contributed by atoms with van der Waals surface area (Å²) in [4.78, 5) is 26.8. The number of alkyl halides is 1. The molecule has 1 atom stereocenters. The van der Waals surface area contributed by atoms with Gasteiger partial charge in [-0.05, 0) is 37.3 Å². The number of aliphatic imine (C=N–C) groups is 1. The molecule has 1 heterocycles. The number of hydrogen-bond acceptors (Lipinski definition) is 3. The van der Waals surface area contributed by atoms with Crippen molar-refractivity contribution >= 4 is 62.7 Å². The zero-order valence-electron chi connectivity index (χ0n) is 14.5. The van der Waals surface area contributed by atoms with Crippen LogP contribution in [-0.4, -0.2) is 35.8 Å². The van der Waals surface area contributed by atoms with E-state index in [1.807, 2.05) is 12.1 Å². The maximum atomic E-state index is 13.4. The molecule has 0 spiro atoms. The van der Waals surface area contributed by atoms with Crippen molar-refractivity contribution in [1.29, 1.82) is 0 Å². The molecule has 1 fully saturated rings. The number of carbonyl (C=O) groups is 2. The highest BCUT2D eigenvalue weighted by molar-refractivity contribution is 9.10. The molecule has 0 bridgehead atoms. The van der Waals surface area contributed by atoms with Gasteiger partial charge in [-0.1, -0.05) is 56.8 Å². The highest BCUT2D eigenvalue weighted by Gasteiger charge is 2.38. The molecule has 28 heavy (non-hydrogen) atoms. The molecule has 1 unspecified atom stereocenters. The Balaban J connectivity index is 0.000000292. The van der Waals surface area contributed by atoms with Gasteiger partial charge in [0.2, 0.25) is 5.96 Å². The highest BCUT2D eigenvalue weighted by Crippen LogP contribution is 2.27. The summed E-state index contributed by atoms with van der Waals surface area (Å²) >= 11 is 15.0. The minimum Gasteiger partial charge on any atom is -0.480 e. The zero-order chi connectivity index (χ0) is 20.8. The first-order valence-electron chi connectivity index (χ1n) is 7.86. The van der Waals surface area contributed by atoms with Crippen LogP contribution in [0.3, 0.4) is 0 Å². The summed E-state index contributed by atoms with van der Waals surface area (Å²) in [6, 6.07) is 12.4. The maximum absolute atomic E-state index is 13.4. The number of halogens is 4. The van der Waals surface area contributed by atoms with Crippen molar-refractivity contribution in [2.24, 2.45) is 4.99 Å². The first-order valence-corrected chi connectivity index (χ1v) is 9.41. The summed E-state index contributed by atoms with van der Waals surface area (Å²) < 4.78 is 14.6. The summed E-state index contributed by atoms with van der Waals surface area (Å²) in [5, 5.41) is 11.2. The van der Waals surface area contributed by atoms with Gasteiger partial charge in [-0.15, -0.1) is 0 Å². The molecule has 148 valence electrons. The lowest BCUT2D eigenvalue weighted by molar-refractivity contribution is -0.135. The second kappa shape index (κ2) is 9.86. The van der Waals surface area contributed by atoms with Crippen LogP contribution in [0.5, 0.6) is 0 Å². The Bertz CT molecular complexity index is 868. The van der Waals surface area contributed by atoms with E-state index in [0.29, 0.717) is 0 Å². The molecule has 2 aromatic rings. The average molecular weight is 491 g/mol. The van der Waals surface area contributed by atoms with Crippen LogP contribution in [0, 0.1) is 6.92 Å². The van der Waals surface area contributed by atoms with Gasteiger partial charge in [-0.25, -0.2) is 14.3 Å². The third-order valence-electron chi connectivity index (χ3n) is 3.39. The molecule has 0 aromatic heterocycles. The monoisotopic (exact) mass is 489 g/mol. The molecule has 6 nitrogen and oxygen atoms in total. The highest BCUT2D eigenvalue weighted by atomic mass is 79.9. The molecular formula is C18H15BrCl2FN3O3. The maximum Gasteiger partial charge on any atom is 0.325 e. The summed E-state index contributed by atoms with van der Waals surface area (Å²) in [6.45, 7) is 1.47. The number of amides is 1. The number of carboxylic acid groups (broad SMARTS) is 1. The standard InChI is InChI=1S/C11H8Cl2FN3O3.C7H7Br/c12-5-1-6(13)3-7(2-5)17-10(20)9(14)16-11(17)15-4-8(18)19;1-6-2-4-7(8)5-3-6/h1-3,9H,4H2,(H,15,16)(H,18,19);2-5H,1H3. The van der Waals surface area contributed by atoms with E-state index in [9.17, 15) is 14.0 Å². The lowest BCUT2D eigenvalue weighted by Gasteiger charge is -2.15. The number of aryl methyl sites for hydroxylation is 1. The molecule has 2 aromatic carbocycles. The fourth-order valence-corrected chi connectivity index (χ4v) is 2.95. The summed E-state index contributed by atoms with van der Waals surface area (Å²) in [7, 11) is 0. The number of anilines is 1. The molecule has 2 N–H and O–H groups in total. The Hall–Kier alpha value is -2.16. The molecule has 1 aliphatic rings. The number of guanidine groups is 1. The van der Waals surface area contributed by atoms with Gasteiger partial charge >= 0.3 is 5.97 Å². The fraction of sp³-hybridized carbons (Fsp3) is 0.167. The van der Waals surface area contributed by atoms with Crippen LogP contribution >= 0.6 is 39.1 Å². The first kappa shape index (κ1) is 22.1. The molecule has 0 radical (unpaired) electrons. The van der Waals surface area contributed by atoms with Crippen molar-refractivity contribution in [3.63, 3.8) is 0 Å². The Morgan fingerprint density at radius 2 is 1.82 bits per heavy atom. The van der Waals surface area contributed by atoms with Gasteiger partial charge in [-0.3, -0.25) is 9.59 Å². The Morgan fingerprint density at radius 1 is 1.25 bits per heavy atom. The molecule has 10 heteroatoms. The smallest absolute Gasteiger partial charge is 0.325 e. The van der Waals surface area contributed by atoms with Crippen LogP contribution in [0.4, 0.5) is 10.1 Å². The first-order chi connectivity index (χ1) is 13.2. The van der Waals surface area contributed by atoms with Crippen molar-refractivity contribution in [3.05, 3.63) is 62.5 Å². The van der Waals surface area contributed by atoms with Crippen molar-refractivity contribution in [1.82, 2.24) is 5.32 Å². The predicted molar refractivity (Wildman–Crippen MR) is 111 cm³/mol. The van der Waals surface area contributed by atoms with Crippen LogP contribution in [0.1, 0.15) is 5.56 Å². The number of rotatable bonds is 3. The van der Waals surface area contributed by atoms with E-state index in [1.165, 1.54) is 23.8 Å². The van der Waals surface area contributed by atoms with E-state index in [4.69, 9.17) is 28.3 Å². The number of aliphatic carboxylic acids is 1. The van der Waals surface area contributed by atoms with Gasteiger partial charge in [-0.2, -0.15) is 0 Å². The number of nitrogens with zero attached hydrogens (tertiary/aromatic N) is 2. The van der Waals surface area contributed by atoms with Crippen molar-refractivity contribution in [2.75, 3.05) is 11.4 Å². The third-order valence-corrected chi connectivity index (χ3v) is 4.35. The number of hydrogen-bond donors (Lipinski definition) is 2. The summed E-state index contributed by atoms with van der Waals surface area (Å²) in [6.07, 6.45) is -2.00. The average Bonchev–Trinajstić information content (AvgIpc) is 2.90. The predicted octanol–water partition coefficient (Wildman–Crippen LogP) is 4.42. The Labute approximate surface area is 179 Å². The zero-order valence-corrected chi connectivity index (χ0v) is 17.6. The minimum absolute atomic E-state index is 0.198. The second-order valence-electron chi connectivity index (χ2n) is 5.64. The molecular weight excluding hydrogens is 476 g/mol. The lowest BCUT2D eigenvalue weighted by atomic mass is 10.2. The van der Waals surface area contributed by atoms with Crippen LogP contribution in [-0.2, 0) is 9.59 Å². The number of nitrogens with one attached hydrogen (secondary N) is 1. The van der Waals surface area contributed by atoms with Crippen LogP contribution < -0.4 is 10.2 Å². The van der Waals surface area contributed by atoms with E-state index in [0.717, 1.165) is 9.37 Å². The van der Waals surface area contributed by atoms with E-state index >= 15 is 0 Å². The summed E-state index contributed by atoms with van der Waals surface area (Å²) in [5.41, 5.74) is 1.50. The van der Waals surface area contributed by atoms with Crippen molar-refractivity contribution in [2.45, 2.75) is 13.2 Å². The Kier molecular flexibility index (Phi) is 7.79. The van der Waals surface area contributed by atoms with Gasteiger partial charge in [0.05, 0.1) is 5.69 Å².